The third-order valence-electron chi connectivity index (χ3n) is 2.91. The average molecular weight is 230 g/mol. The molecule has 2 fully saturated rings. The quantitative estimate of drug-likeness (QED) is 0.685. The molecule has 4 nitrogen and oxygen atoms in total. The molecule has 0 aliphatic carbocycles. The highest BCUT2D eigenvalue weighted by atomic mass is 32.2. The zero-order valence-corrected chi connectivity index (χ0v) is 9.94. The molecule has 15 heavy (non-hydrogen) atoms. The lowest BCUT2D eigenvalue weighted by atomic mass is 10.0. The van der Waals surface area contributed by atoms with E-state index < -0.39 is 5.60 Å². The third-order valence-corrected chi connectivity index (χ3v) is 3.86. The standard InChI is InChI=1S/C10H18N2O2S/c1-10(8-11-2-5-14-10)9(13)12-3-6-15-7-4-12/h11H,2-8H2,1H3/t10-/m1/s1. The minimum atomic E-state index is -0.639. The van der Waals surface area contributed by atoms with Crippen LogP contribution in [0.15, 0.2) is 0 Å². The molecule has 0 unspecified atom stereocenters. The van der Waals surface area contributed by atoms with Gasteiger partial charge in [-0.25, -0.2) is 0 Å². The summed E-state index contributed by atoms with van der Waals surface area (Å²) >= 11 is 1.91. The van der Waals surface area contributed by atoms with Crippen molar-refractivity contribution in [3.05, 3.63) is 0 Å². The van der Waals surface area contributed by atoms with E-state index in [1.54, 1.807) is 0 Å². The van der Waals surface area contributed by atoms with Gasteiger partial charge in [0.05, 0.1) is 6.61 Å². The number of carbonyl (C=O) groups is 1. The Hall–Kier alpha value is -0.260. The highest BCUT2D eigenvalue weighted by molar-refractivity contribution is 7.99. The van der Waals surface area contributed by atoms with Crippen LogP contribution in [0.3, 0.4) is 0 Å². The molecule has 2 aliphatic heterocycles. The van der Waals surface area contributed by atoms with Gasteiger partial charge in [0.2, 0.25) is 0 Å². The number of thioether (sulfide) groups is 1. The maximum atomic E-state index is 12.2. The van der Waals surface area contributed by atoms with Crippen molar-refractivity contribution in [3.8, 4) is 0 Å². The zero-order valence-electron chi connectivity index (χ0n) is 9.12. The van der Waals surface area contributed by atoms with Crippen molar-refractivity contribution in [2.24, 2.45) is 0 Å². The molecule has 2 aliphatic rings. The lowest BCUT2D eigenvalue weighted by molar-refractivity contribution is -0.158. The van der Waals surface area contributed by atoms with E-state index in [1.807, 2.05) is 23.6 Å². The van der Waals surface area contributed by atoms with Crippen LogP contribution >= 0.6 is 11.8 Å². The number of morpholine rings is 1. The van der Waals surface area contributed by atoms with E-state index >= 15 is 0 Å². The largest absolute Gasteiger partial charge is 0.363 e. The molecule has 2 heterocycles. The second-order valence-electron chi connectivity index (χ2n) is 4.16. The number of rotatable bonds is 1. The Kier molecular flexibility index (Phi) is 3.53. The topological polar surface area (TPSA) is 41.6 Å². The molecule has 1 atom stereocenters. The normalized spacial score (nSPS) is 32.7. The van der Waals surface area contributed by atoms with Crippen molar-refractivity contribution >= 4 is 17.7 Å². The van der Waals surface area contributed by atoms with Gasteiger partial charge in [0.1, 0.15) is 0 Å². The predicted molar refractivity (Wildman–Crippen MR) is 61.1 cm³/mol. The number of ether oxygens (including phenoxy) is 1. The summed E-state index contributed by atoms with van der Waals surface area (Å²) < 4.78 is 5.62. The van der Waals surface area contributed by atoms with E-state index in [-0.39, 0.29) is 5.91 Å². The Morgan fingerprint density at radius 1 is 1.47 bits per heavy atom. The van der Waals surface area contributed by atoms with Crippen LogP contribution in [0.5, 0.6) is 0 Å². The molecule has 0 aromatic heterocycles. The van der Waals surface area contributed by atoms with Crippen LogP contribution in [0.4, 0.5) is 0 Å². The second kappa shape index (κ2) is 4.72. The minimum absolute atomic E-state index is 0.148. The van der Waals surface area contributed by atoms with Gasteiger partial charge in [-0.15, -0.1) is 0 Å². The van der Waals surface area contributed by atoms with Gasteiger partial charge in [0.15, 0.2) is 5.60 Å². The van der Waals surface area contributed by atoms with Crippen LogP contribution in [-0.2, 0) is 9.53 Å². The van der Waals surface area contributed by atoms with E-state index in [0.29, 0.717) is 13.2 Å². The van der Waals surface area contributed by atoms with Crippen LogP contribution in [-0.4, -0.2) is 60.7 Å². The fourth-order valence-electron chi connectivity index (χ4n) is 1.96. The van der Waals surface area contributed by atoms with Crippen LogP contribution in [0.1, 0.15) is 6.92 Å². The summed E-state index contributed by atoms with van der Waals surface area (Å²) in [7, 11) is 0. The molecule has 0 radical (unpaired) electrons. The van der Waals surface area contributed by atoms with Gasteiger partial charge in [-0.05, 0) is 6.92 Å². The Bertz CT molecular complexity index is 236. The number of hydrogen-bond acceptors (Lipinski definition) is 4. The van der Waals surface area contributed by atoms with E-state index in [2.05, 4.69) is 5.32 Å². The van der Waals surface area contributed by atoms with Crippen LogP contribution in [0.25, 0.3) is 0 Å². The van der Waals surface area contributed by atoms with Crippen LogP contribution < -0.4 is 5.32 Å². The van der Waals surface area contributed by atoms with Gasteiger partial charge in [0, 0.05) is 37.7 Å². The van der Waals surface area contributed by atoms with Gasteiger partial charge in [0.25, 0.3) is 5.91 Å². The Labute approximate surface area is 94.7 Å². The predicted octanol–water partition coefficient (Wildman–Crippen LogP) is -0.0597. The Balaban J connectivity index is 1.98. The van der Waals surface area contributed by atoms with Gasteiger partial charge in [-0.1, -0.05) is 0 Å². The molecule has 0 spiro atoms. The molecular weight excluding hydrogens is 212 g/mol. The Morgan fingerprint density at radius 3 is 2.80 bits per heavy atom. The molecule has 86 valence electrons. The van der Waals surface area contributed by atoms with E-state index in [4.69, 9.17) is 4.74 Å². The lowest BCUT2D eigenvalue weighted by Gasteiger charge is -2.38. The van der Waals surface area contributed by atoms with Crippen LogP contribution in [0, 0.1) is 0 Å². The summed E-state index contributed by atoms with van der Waals surface area (Å²) in [6.07, 6.45) is 0. The van der Waals surface area contributed by atoms with Crippen molar-refractivity contribution in [1.82, 2.24) is 10.2 Å². The van der Waals surface area contributed by atoms with Crippen molar-refractivity contribution in [2.45, 2.75) is 12.5 Å². The third kappa shape index (κ3) is 2.46. The monoisotopic (exact) mass is 230 g/mol. The minimum Gasteiger partial charge on any atom is -0.363 e. The molecule has 2 rings (SSSR count). The maximum Gasteiger partial charge on any atom is 0.255 e. The molecule has 0 bridgehead atoms. The fraction of sp³-hybridized carbons (Fsp3) is 0.900. The molecule has 1 N–H and O–H groups in total. The highest BCUT2D eigenvalue weighted by Crippen LogP contribution is 2.19. The van der Waals surface area contributed by atoms with Crippen molar-refractivity contribution in [3.63, 3.8) is 0 Å². The summed E-state index contributed by atoms with van der Waals surface area (Å²) in [5, 5.41) is 3.22. The molecule has 2 saturated heterocycles. The number of carbonyl (C=O) groups excluding carboxylic acids is 1. The summed E-state index contributed by atoms with van der Waals surface area (Å²) in [6.45, 7) is 5.73. The first kappa shape index (κ1) is 11.2. The summed E-state index contributed by atoms with van der Waals surface area (Å²) in [5.41, 5.74) is -0.639. The highest BCUT2D eigenvalue weighted by Gasteiger charge is 2.39. The van der Waals surface area contributed by atoms with Gasteiger partial charge in [-0.2, -0.15) is 11.8 Å². The maximum absolute atomic E-state index is 12.2. The number of hydrogen-bond donors (Lipinski definition) is 1. The van der Waals surface area contributed by atoms with Gasteiger partial charge >= 0.3 is 0 Å². The number of amides is 1. The molecule has 0 aromatic carbocycles. The Morgan fingerprint density at radius 2 is 2.20 bits per heavy atom. The number of nitrogens with one attached hydrogen (secondary N) is 1. The fourth-order valence-corrected chi connectivity index (χ4v) is 2.87. The molecule has 0 saturated carbocycles. The SMILES string of the molecule is C[C@]1(C(=O)N2CCSCC2)CNCCO1. The van der Waals surface area contributed by atoms with Gasteiger partial charge < -0.3 is 15.0 Å². The number of nitrogens with zero attached hydrogens (tertiary/aromatic N) is 1. The zero-order chi connectivity index (χ0) is 10.7. The smallest absolute Gasteiger partial charge is 0.255 e. The first-order valence-electron chi connectivity index (χ1n) is 5.44. The first-order valence-corrected chi connectivity index (χ1v) is 6.60. The molecule has 5 heteroatoms. The average Bonchev–Trinajstić information content (AvgIpc) is 2.30. The molecular formula is C10H18N2O2S. The summed E-state index contributed by atoms with van der Waals surface area (Å²) in [6, 6.07) is 0. The van der Waals surface area contributed by atoms with Crippen molar-refractivity contribution in [2.75, 3.05) is 44.3 Å². The van der Waals surface area contributed by atoms with E-state index in [9.17, 15) is 4.79 Å². The van der Waals surface area contributed by atoms with E-state index in [0.717, 1.165) is 31.1 Å². The van der Waals surface area contributed by atoms with Crippen LogP contribution in [0.2, 0.25) is 0 Å². The summed E-state index contributed by atoms with van der Waals surface area (Å²) in [4.78, 5) is 14.2. The van der Waals surface area contributed by atoms with E-state index in [1.165, 1.54) is 0 Å². The lowest BCUT2D eigenvalue weighted by Crippen LogP contribution is -2.59. The van der Waals surface area contributed by atoms with Crippen molar-refractivity contribution < 1.29 is 9.53 Å². The van der Waals surface area contributed by atoms with Gasteiger partial charge in [-0.3, -0.25) is 4.79 Å². The molecule has 0 aromatic rings. The summed E-state index contributed by atoms with van der Waals surface area (Å²) in [5.74, 6) is 2.25. The molecule has 1 amide bonds. The van der Waals surface area contributed by atoms with Crippen molar-refractivity contribution in [1.29, 1.82) is 0 Å². The second-order valence-corrected chi connectivity index (χ2v) is 5.39. The first-order chi connectivity index (χ1) is 7.22.